The fraction of sp³-hybridized carbons (Fsp3) is 0.133. The third-order valence-corrected chi connectivity index (χ3v) is 2.77. The van der Waals surface area contributed by atoms with Gasteiger partial charge in [0.1, 0.15) is 11.9 Å². The van der Waals surface area contributed by atoms with Crippen LogP contribution >= 0.6 is 0 Å². The quantitative estimate of drug-likeness (QED) is 0.814. The maximum atomic E-state index is 13.6. The maximum absolute atomic E-state index is 13.6. The summed E-state index contributed by atoms with van der Waals surface area (Å²) in [5, 5.41) is 8.72. The number of halogens is 1. The SMILES string of the molecule is CCN(c1ccccc1)c1ccc(C#N)c(F)c1. The Kier molecular flexibility index (Phi) is 3.59. The first-order valence-corrected chi connectivity index (χ1v) is 5.78. The predicted octanol–water partition coefficient (Wildman–Crippen LogP) is 3.86. The van der Waals surface area contributed by atoms with Crippen LogP contribution in [0.3, 0.4) is 0 Å². The molecule has 90 valence electrons. The van der Waals surface area contributed by atoms with Gasteiger partial charge in [0.15, 0.2) is 0 Å². The molecular weight excluding hydrogens is 227 g/mol. The molecule has 0 aliphatic carbocycles. The lowest BCUT2D eigenvalue weighted by molar-refractivity contribution is 0.623. The summed E-state index contributed by atoms with van der Waals surface area (Å²) in [5.41, 5.74) is 1.83. The second-order valence-electron chi connectivity index (χ2n) is 3.86. The highest BCUT2D eigenvalue weighted by atomic mass is 19.1. The van der Waals surface area contributed by atoms with Crippen molar-refractivity contribution in [2.45, 2.75) is 6.92 Å². The highest BCUT2D eigenvalue weighted by molar-refractivity contribution is 5.63. The van der Waals surface area contributed by atoms with Crippen molar-refractivity contribution in [3.63, 3.8) is 0 Å². The molecule has 2 aromatic carbocycles. The number of anilines is 2. The highest BCUT2D eigenvalue weighted by Gasteiger charge is 2.09. The van der Waals surface area contributed by atoms with Gasteiger partial charge in [-0.2, -0.15) is 5.26 Å². The summed E-state index contributed by atoms with van der Waals surface area (Å²) in [7, 11) is 0. The summed E-state index contributed by atoms with van der Waals surface area (Å²) in [6, 6.07) is 16.3. The van der Waals surface area contributed by atoms with E-state index in [1.54, 1.807) is 6.07 Å². The number of benzene rings is 2. The van der Waals surface area contributed by atoms with Crippen LogP contribution in [0.5, 0.6) is 0 Å². The fourth-order valence-corrected chi connectivity index (χ4v) is 1.88. The van der Waals surface area contributed by atoms with Crippen molar-refractivity contribution in [1.29, 1.82) is 5.26 Å². The van der Waals surface area contributed by atoms with Crippen LogP contribution in [0.4, 0.5) is 15.8 Å². The minimum atomic E-state index is -0.482. The number of hydrogen-bond donors (Lipinski definition) is 0. The molecule has 0 aliphatic heterocycles. The van der Waals surface area contributed by atoms with Crippen molar-refractivity contribution in [2.75, 3.05) is 11.4 Å². The van der Waals surface area contributed by atoms with Gasteiger partial charge < -0.3 is 4.90 Å². The zero-order chi connectivity index (χ0) is 13.0. The van der Waals surface area contributed by atoms with E-state index in [4.69, 9.17) is 5.26 Å². The molecule has 0 heterocycles. The summed E-state index contributed by atoms with van der Waals surface area (Å²) in [6.07, 6.45) is 0. The molecule has 0 saturated carbocycles. The van der Waals surface area contributed by atoms with Crippen LogP contribution in [0.15, 0.2) is 48.5 Å². The average molecular weight is 240 g/mol. The number of para-hydroxylation sites is 1. The van der Waals surface area contributed by atoms with Crippen molar-refractivity contribution in [2.24, 2.45) is 0 Å². The molecule has 2 rings (SSSR count). The lowest BCUT2D eigenvalue weighted by Gasteiger charge is -2.23. The third kappa shape index (κ3) is 2.33. The molecular formula is C15H13FN2. The molecule has 0 atom stereocenters. The Morgan fingerprint density at radius 1 is 1.11 bits per heavy atom. The van der Waals surface area contributed by atoms with Crippen LogP contribution in [-0.4, -0.2) is 6.54 Å². The zero-order valence-corrected chi connectivity index (χ0v) is 10.1. The molecule has 0 bridgehead atoms. The van der Waals surface area contributed by atoms with Crippen molar-refractivity contribution in [1.82, 2.24) is 0 Å². The van der Waals surface area contributed by atoms with Gasteiger partial charge in [-0.05, 0) is 37.3 Å². The number of nitriles is 1. The van der Waals surface area contributed by atoms with Crippen molar-refractivity contribution < 1.29 is 4.39 Å². The lowest BCUT2D eigenvalue weighted by Crippen LogP contribution is -2.16. The van der Waals surface area contributed by atoms with Gasteiger partial charge in [-0.25, -0.2) is 4.39 Å². The van der Waals surface area contributed by atoms with Gasteiger partial charge in [0.25, 0.3) is 0 Å². The zero-order valence-electron chi connectivity index (χ0n) is 10.1. The average Bonchev–Trinajstić information content (AvgIpc) is 2.41. The molecule has 18 heavy (non-hydrogen) atoms. The van der Waals surface area contributed by atoms with E-state index in [0.717, 1.165) is 17.9 Å². The summed E-state index contributed by atoms with van der Waals surface area (Å²) in [6.45, 7) is 2.73. The summed E-state index contributed by atoms with van der Waals surface area (Å²) in [5.74, 6) is -0.482. The van der Waals surface area contributed by atoms with Crippen LogP contribution in [0, 0.1) is 17.1 Å². The molecule has 0 unspecified atom stereocenters. The van der Waals surface area contributed by atoms with E-state index in [1.807, 2.05) is 48.2 Å². The van der Waals surface area contributed by atoms with Crippen LogP contribution < -0.4 is 4.90 Å². The number of nitrogens with zero attached hydrogens (tertiary/aromatic N) is 2. The van der Waals surface area contributed by atoms with Gasteiger partial charge in [0.05, 0.1) is 5.56 Å². The Morgan fingerprint density at radius 3 is 2.39 bits per heavy atom. The van der Waals surface area contributed by atoms with E-state index in [1.165, 1.54) is 12.1 Å². The Labute approximate surface area is 106 Å². The molecule has 2 aromatic rings. The normalized spacial score (nSPS) is 9.83. The third-order valence-electron chi connectivity index (χ3n) is 2.77. The van der Waals surface area contributed by atoms with Crippen molar-refractivity contribution >= 4 is 11.4 Å². The second-order valence-corrected chi connectivity index (χ2v) is 3.86. The molecule has 2 nitrogen and oxygen atoms in total. The van der Waals surface area contributed by atoms with Gasteiger partial charge in [-0.3, -0.25) is 0 Å². The molecule has 0 aromatic heterocycles. The van der Waals surface area contributed by atoms with Gasteiger partial charge in [0.2, 0.25) is 0 Å². The molecule has 0 aliphatic rings. The van der Waals surface area contributed by atoms with Crippen LogP contribution in [0.1, 0.15) is 12.5 Å². The molecule has 0 spiro atoms. The number of rotatable bonds is 3. The first kappa shape index (κ1) is 12.1. The first-order valence-electron chi connectivity index (χ1n) is 5.78. The van der Waals surface area contributed by atoms with Crippen LogP contribution in [-0.2, 0) is 0 Å². The maximum Gasteiger partial charge on any atom is 0.143 e. The Morgan fingerprint density at radius 2 is 1.83 bits per heavy atom. The van der Waals surface area contributed by atoms with E-state index in [-0.39, 0.29) is 5.56 Å². The van der Waals surface area contributed by atoms with Gasteiger partial charge in [-0.1, -0.05) is 18.2 Å². The monoisotopic (exact) mass is 240 g/mol. The second kappa shape index (κ2) is 5.33. The lowest BCUT2D eigenvalue weighted by atomic mass is 10.2. The minimum absolute atomic E-state index is 0.0721. The van der Waals surface area contributed by atoms with E-state index < -0.39 is 5.82 Å². The van der Waals surface area contributed by atoms with Gasteiger partial charge in [0, 0.05) is 17.9 Å². The van der Waals surface area contributed by atoms with Gasteiger partial charge in [-0.15, -0.1) is 0 Å². The van der Waals surface area contributed by atoms with Crippen molar-refractivity contribution in [3.8, 4) is 6.07 Å². The summed E-state index contributed by atoms with van der Waals surface area (Å²) < 4.78 is 13.6. The van der Waals surface area contributed by atoms with E-state index >= 15 is 0 Å². The first-order chi connectivity index (χ1) is 8.76. The smallest absolute Gasteiger partial charge is 0.143 e. The molecule has 3 heteroatoms. The van der Waals surface area contributed by atoms with Crippen molar-refractivity contribution in [3.05, 3.63) is 59.9 Å². The standard InChI is InChI=1S/C15H13FN2/c1-2-18(13-6-4-3-5-7-13)14-9-8-12(11-17)15(16)10-14/h3-10H,2H2,1H3. The fourth-order valence-electron chi connectivity index (χ4n) is 1.88. The Hall–Kier alpha value is -2.34. The molecule has 0 radical (unpaired) electrons. The molecule has 0 N–H and O–H groups in total. The summed E-state index contributed by atoms with van der Waals surface area (Å²) >= 11 is 0. The van der Waals surface area contributed by atoms with E-state index in [2.05, 4.69) is 0 Å². The Bertz CT molecular complexity index is 573. The van der Waals surface area contributed by atoms with E-state index in [9.17, 15) is 4.39 Å². The highest BCUT2D eigenvalue weighted by Crippen LogP contribution is 2.26. The van der Waals surface area contributed by atoms with E-state index in [0.29, 0.717) is 0 Å². The topological polar surface area (TPSA) is 27.0 Å². The molecule has 0 amide bonds. The van der Waals surface area contributed by atoms with Crippen LogP contribution in [0.2, 0.25) is 0 Å². The molecule has 0 saturated heterocycles. The predicted molar refractivity (Wildman–Crippen MR) is 70.2 cm³/mol. The molecule has 0 fully saturated rings. The Balaban J connectivity index is 2.41. The van der Waals surface area contributed by atoms with Gasteiger partial charge >= 0.3 is 0 Å². The van der Waals surface area contributed by atoms with Crippen LogP contribution in [0.25, 0.3) is 0 Å². The minimum Gasteiger partial charge on any atom is -0.342 e. The largest absolute Gasteiger partial charge is 0.342 e. The summed E-state index contributed by atoms with van der Waals surface area (Å²) in [4.78, 5) is 1.99. The number of hydrogen-bond acceptors (Lipinski definition) is 2.